The maximum atomic E-state index is 13.6. The molecule has 1 atom stereocenters. The summed E-state index contributed by atoms with van der Waals surface area (Å²) in [4.78, 5) is 19.9. The van der Waals surface area contributed by atoms with Gasteiger partial charge in [-0.05, 0) is 18.2 Å². The van der Waals surface area contributed by atoms with Crippen molar-refractivity contribution in [3.05, 3.63) is 77.4 Å². The highest BCUT2D eigenvalue weighted by molar-refractivity contribution is 6.10. The molecule has 1 aliphatic rings. The molecule has 162 valence electrons. The molecule has 0 fully saturated rings. The second-order valence-corrected chi connectivity index (χ2v) is 8.72. The van der Waals surface area contributed by atoms with Crippen molar-refractivity contribution in [1.82, 2.24) is 20.3 Å². The van der Waals surface area contributed by atoms with E-state index < -0.39 is 6.04 Å². The topological polar surface area (TPSA) is 97.1 Å². The molecule has 0 aliphatic carbocycles. The standard InChI is InChI=1S/C24H23N5O3/c1-24(2,3)22-19-20(26-27-22)23(30)29(21(19)15-7-5-6-8-17(15)31-4)18-10-9-14(13-25-18)16-11-12-32-28-16/h5-13,21H,1-4H3,(H,26,27). The second-order valence-electron chi connectivity index (χ2n) is 8.72. The Bertz CT molecular complexity index is 1270. The van der Waals surface area contributed by atoms with Crippen LogP contribution in [0.15, 0.2) is 59.4 Å². The average Bonchev–Trinajstić information content (AvgIpc) is 3.51. The Hall–Kier alpha value is -3.94. The van der Waals surface area contributed by atoms with E-state index in [9.17, 15) is 4.79 Å². The molecule has 0 spiro atoms. The van der Waals surface area contributed by atoms with Crippen molar-refractivity contribution in [2.45, 2.75) is 32.2 Å². The number of aromatic amines is 1. The SMILES string of the molecule is COc1ccccc1C1c2c(C(C)(C)C)n[nH]c2C(=O)N1c1ccc(-c2ccon2)cn1. The van der Waals surface area contributed by atoms with Gasteiger partial charge in [0.1, 0.15) is 29.2 Å². The van der Waals surface area contributed by atoms with Gasteiger partial charge in [-0.1, -0.05) is 44.1 Å². The molecule has 0 saturated heterocycles. The van der Waals surface area contributed by atoms with Gasteiger partial charge in [0.15, 0.2) is 0 Å². The first-order valence-electron chi connectivity index (χ1n) is 10.3. The van der Waals surface area contributed by atoms with E-state index in [0.717, 1.165) is 22.4 Å². The number of rotatable bonds is 4. The van der Waals surface area contributed by atoms with E-state index >= 15 is 0 Å². The number of nitrogens with one attached hydrogen (secondary N) is 1. The normalized spacial score (nSPS) is 15.8. The Balaban J connectivity index is 1.68. The molecule has 0 radical (unpaired) electrons. The third-order valence-electron chi connectivity index (χ3n) is 5.64. The number of carbonyl (C=O) groups excluding carboxylic acids is 1. The van der Waals surface area contributed by atoms with Crippen LogP contribution in [0.2, 0.25) is 0 Å². The number of para-hydroxylation sites is 1. The molecule has 1 aromatic carbocycles. The molecular weight excluding hydrogens is 406 g/mol. The van der Waals surface area contributed by atoms with Crippen LogP contribution in [-0.2, 0) is 5.41 Å². The highest BCUT2D eigenvalue weighted by atomic mass is 16.5. The van der Waals surface area contributed by atoms with Crippen molar-refractivity contribution in [3.8, 4) is 17.0 Å². The molecule has 5 rings (SSSR count). The predicted molar refractivity (Wildman–Crippen MR) is 119 cm³/mol. The summed E-state index contributed by atoms with van der Waals surface area (Å²) >= 11 is 0. The smallest absolute Gasteiger partial charge is 0.278 e. The first-order chi connectivity index (χ1) is 15.4. The van der Waals surface area contributed by atoms with Crippen LogP contribution in [0.5, 0.6) is 5.75 Å². The van der Waals surface area contributed by atoms with Gasteiger partial charge in [-0.2, -0.15) is 5.10 Å². The van der Waals surface area contributed by atoms with E-state index in [4.69, 9.17) is 9.26 Å². The highest BCUT2D eigenvalue weighted by Crippen LogP contribution is 2.46. The van der Waals surface area contributed by atoms with Gasteiger partial charge in [-0.15, -0.1) is 0 Å². The minimum absolute atomic E-state index is 0.180. The number of ether oxygens (including phenoxy) is 1. The van der Waals surface area contributed by atoms with Gasteiger partial charge in [0.2, 0.25) is 0 Å². The number of benzene rings is 1. The number of amides is 1. The van der Waals surface area contributed by atoms with Crippen molar-refractivity contribution >= 4 is 11.7 Å². The van der Waals surface area contributed by atoms with Crippen LogP contribution in [-0.4, -0.2) is 33.4 Å². The molecule has 32 heavy (non-hydrogen) atoms. The van der Waals surface area contributed by atoms with Crippen LogP contribution in [0.1, 0.15) is 54.1 Å². The molecule has 8 heteroatoms. The molecule has 0 bridgehead atoms. The lowest BCUT2D eigenvalue weighted by Gasteiger charge is -2.28. The van der Waals surface area contributed by atoms with Crippen molar-refractivity contribution in [2.75, 3.05) is 12.0 Å². The molecule has 1 unspecified atom stereocenters. The third kappa shape index (κ3) is 3.07. The molecule has 4 heterocycles. The zero-order chi connectivity index (χ0) is 22.5. The summed E-state index contributed by atoms with van der Waals surface area (Å²) in [6.45, 7) is 6.25. The van der Waals surface area contributed by atoms with Gasteiger partial charge < -0.3 is 9.26 Å². The Morgan fingerprint density at radius 3 is 2.59 bits per heavy atom. The van der Waals surface area contributed by atoms with Crippen molar-refractivity contribution in [1.29, 1.82) is 0 Å². The predicted octanol–water partition coefficient (Wildman–Crippen LogP) is 4.52. The minimum Gasteiger partial charge on any atom is -0.496 e. The number of fused-ring (bicyclic) bond motifs is 1. The molecule has 4 aromatic rings. The number of carbonyl (C=O) groups is 1. The second kappa shape index (κ2) is 7.33. The van der Waals surface area contributed by atoms with Crippen molar-refractivity contribution < 1.29 is 14.1 Å². The number of anilines is 1. The van der Waals surface area contributed by atoms with Gasteiger partial charge in [0.25, 0.3) is 5.91 Å². The van der Waals surface area contributed by atoms with Gasteiger partial charge in [0, 0.05) is 34.4 Å². The number of nitrogens with zero attached hydrogens (tertiary/aromatic N) is 4. The first kappa shape index (κ1) is 20.0. The fourth-order valence-corrected chi connectivity index (χ4v) is 4.18. The Morgan fingerprint density at radius 2 is 1.94 bits per heavy atom. The van der Waals surface area contributed by atoms with Gasteiger partial charge in [-0.25, -0.2) is 4.98 Å². The van der Waals surface area contributed by atoms with Crippen molar-refractivity contribution in [2.24, 2.45) is 0 Å². The Morgan fingerprint density at radius 1 is 1.12 bits per heavy atom. The number of hydrogen-bond donors (Lipinski definition) is 1. The van der Waals surface area contributed by atoms with E-state index in [1.54, 1.807) is 24.3 Å². The number of aromatic nitrogens is 4. The maximum Gasteiger partial charge on any atom is 0.278 e. The van der Waals surface area contributed by atoms with Crippen molar-refractivity contribution in [3.63, 3.8) is 0 Å². The lowest BCUT2D eigenvalue weighted by molar-refractivity contribution is 0.0988. The summed E-state index contributed by atoms with van der Waals surface area (Å²) in [6, 6.07) is 12.8. The van der Waals surface area contributed by atoms with Gasteiger partial charge in [-0.3, -0.25) is 14.8 Å². The van der Waals surface area contributed by atoms with Gasteiger partial charge in [0.05, 0.1) is 18.8 Å². The quantitative estimate of drug-likeness (QED) is 0.512. The monoisotopic (exact) mass is 429 g/mol. The van der Waals surface area contributed by atoms with E-state index in [-0.39, 0.29) is 11.3 Å². The minimum atomic E-state index is -0.424. The highest BCUT2D eigenvalue weighted by Gasteiger charge is 2.46. The first-order valence-corrected chi connectivity index (χ1v) is 10.3. The summed E-state index contributed by atoms with van der Waals surface area (Å²) < 4.78 is 10.6. The number of hydrogen-bond acceptors (Lipinski definition) is 6. The van der Waals surface area contributed by atoms with Crippen LogP contribution in [0.3, 0.4) is 0 Å². The summed E-state index contributed by atoms with van der Waals surface area (Å²) in [5.74, 6) is 1.05. The maximum absolute atomic E-state index is 13.6. The zero-order valence-corrected chi connectivity index (χ0v) is 18.3. The molecule has 1 N–H and O–H groups in total. The van der Waals surface area contributed by atoms with E-state index in [2.05, 4.69) is 41.1 Å². The zero-order valence-electron chi connectivity index (χ0n) is 18.3. The lowest BCUT2D eigenvalue weighted by atomic mass is 9.85. The van der Waals surface area contributed by atoms with Crippen LogP contribution in [0.25, 0.3) is 11.3 Å². The summed E-state index contributed by atoms with van der Waals surface area (Å²) in [7, 11) is 1.63. The van der Waals surface area contributed by atoms with Gasteiger partial charge >= 0.3 is 0 Å². The third-order valence-corrected chi connectivity index (χ3v) is 5.64. The molecule has 3 aromatic heterocycles. The Kier molecular flexibility index (Phi) is 4.58. The van der Waals surface area contributed by atoms with Crippen LogP contribution >= 0.6 is 0 Å². The summed E-state index contributed by atoms with van der Waals surface area (Å²) in [5.41, 5.74) is 4.28. The molecule has 1 amide bonds. The number of methoxy groups -OCH3 is 1. The number of H-pyrrole nitrogens is 1. The lowest BCUT2D eigenvalue weighted by Crippen LogP contribution is -2.31. The summed E-state index contributed by atoms with van der Waals surface area (Å²) in [5, 5.41) is 11.4. The van der Waals surface area contributed by atoms with E-state index in [1.807, 2.05) is 36.4 Å². The Labute approximate surface area is 185 Å². The molecule has 8 nitrogen and oxygen atoms in total. The largest absolute Gasteiger partial charge is 0.496 e. The average molecular weight is 429 g/mol. The molecule has 1 aliphatic heterocycles. The fourth-order valence-electron chi connectivity index (χ4n) is 4.18. The van der Waals surface area contributed by atoms with E-state index in [1.165, 1.54) is 6.26 Å². The van der Waals surface area contributed by atoms with E-state index in [0.29, 0.717) is 23.0 Å². The van der Waals surface area contributed by atoms with Crippen LogP contribution in [0, 0.1) is 0 Å². The van der Waals surface area contributed by atoms with Crippen LogP contribution in [0.4, 0.5) is 5.82 Å². The molecule has 0 saturated carbocycles. The summed E-state index contributed by atoms with van der Waals surface area (Å²) in [6.07, 6.45) is 3.20. The van der Waals surface area contributed by atoms with Crippen LogP contribution < -0.4 is 9.64 Å². The molecular formula is C24H23N5O3. The number of pyridine rings is 1. The fraction of sp³-hybridized carbons (Fsp3) is 0.250.